The summed E-state index contributed by atoms with van der Waals surface area (Å²) in [6.45, 7) is 3.26. The summed E-state index contributed by atoms with van der Waals surface area (Å²) in [5.41, 5.74) is 2.15. The van der Waals surface area contributed by atoms with E-state index in [1.807, 2.05) is 37.3 Å². The molecule has 2 aromatic carbocycles. The van der Waals surface area contributed by atoms with Gasteiger partial charge in [0.05, 0.1) is 24.7 Å². The fourth-order valence-corrected chi connectivity index (χ4v) is 4.15. The van der Waals surface area contributed by atoms with Gasteiger partial charge in [0.15, 0.2) is 0 Å². The van der Waals surface area contributed by atoms with Gasteiger partial charge >= 0.3 is 0 Å². The molecule has 0 fully saturated rings. The average molecular weight is 387 g/mol. The molecular formula is C22H26O4S. The van der Waals surface area contributed by atoms with Crippen LogP contribution < -0.4 is 0 Å². The zero-order valence-electron chi connectivity index (χ0n) is 15.6. The Balaban J connectivity index is 1.54. The number of hydrogen-bond acceptors (Lipinski definition) is 4. The lowest BCUT2D eigenvalue weighted by molar-refractivity contribution is 0.0528. The van der Waals surface area contributed by atoms with Crippen molar-refractivity contribution in [3.63, 3.8) is 0 Å². The van der Waals surface area contributed by atoms with Crippen LogP contribution in [0.15, 0.2) is 71.6 Å². The normalized spacial score (nSPS) is 19.9. The van der Waals surface area contributed by atoms with E-state index in [9.17, 15) is 8.42 Å². The van der Waals surface area contributed by atoms with Crippen LogP contribution in [-0.4, -0.2) is 21.6 Å². The first-order chi connectivity index (χ1) is 13.0. The molecule has 0 radical (unpaired) electrons. The second-order valence-corrected chi connectivity index (χ2v) is 8.63. The van der Waals surface area contributed by atoms with E-state index in [0.29, 0.717) is 13.2 Å². The Bertz CT molecular complexity index is 842. The number of aryl methyl sites for hydroxylation is 1. The summed E-state index contributed by atoms with van der Waals surface area (Å²) in [6, 6.07) is 16.8. The Kier molecular flexibility index (Phi) is 6.83. The van der Waals surface area contributed by atoms with Gasteiger partial charge in [-0.3, -0.25) is 4.18 Å². The van der Waals surface area contributed by atoms with Crippen molar-refractivity contribution < 1.29 is 17.3 Å². The number of allylic oxidation sites excluding steroid dienone is 2. The van der Waals surface area contributed by atoms with Crippen LogP contribution in [0.2, 0.25) is 0 Å². The third-order valence-corrected chi connectivity index (χ3v) is 6.20. The van der Waals surface area contributed by atoms with E-state index < -0.39 is 10.1 Å². The van der Waals surface area contributed by atoms with Crippen molar-refractivity contribution >= 4 is 10.1 Å². The van der Waals surface area contributed by atoms with Crippen LogP contribution in [0.3, 0.4) is 0 Å². The first-order valence-corrected chi connectivity index (χ1v) is 10.7. The standard InChI is InChI=1S/C22H26O4S/c1-18-11-13-22(14-12-18)27(23,24)26-17-21-10-6-5-9-20(21)16-25-15-19-7-3-2-4-8-19/h2-8,11-14,20-21H,9-10,15-17H2,1H3/t20-,21+/m0/s1. The van der Waals surface area contributed by atoms with Gasteiger partial charge < -0.3 is 4.74 Å². The van der Waals surface area contributed by atoms with Gasteiger partial charge in [-0.1, -0.05) is 60.2 Å². The molecule has 0 unspecified atom stereocenters. The fourth-order valence-electron chi connectivity index (χ4n) is 3.19. The van der Waals surface area contributed by atoms with Crippen LogP contribution in [0.1, 0.15) is 24.0 Å². The summed E-state index contributed by atoms with van der Waals surface area (Å²) in [5, 5.41) is 0. The number of ether oxygens (including phenoxy) is 1. The van der Waals surface area contributed by atoms with Gasteiger partial charge in [0.25, 0.3) is 10.1 Å². The van der Waals surface area contributed by atoms with Crippen molar-refractivity contribution in [2.75, 3.05) is 13.2 Å². The highest BCUT2D eigenvalue weighted by Crippen LogP contribution is 2.28. The third kappa shape index (κ3) is 5.76. The summed E-state index contributed by atoms with van der Waals surface area (Å²) in [4.78, 5) is 0.205. The van der Waals surface area contributed by atoms with Gasteiger partial charge in [-0.05, 0) is 49.3 Å². The molecule has 1 aliphatic rings. The number of benzene rings is 2. The maximum absolute atomic E-state index is 12.4. The molecule has 0 heterocycles. The Morgan fingerprint density at radius 1 is 0.889 bits per heavy atom. The van der Waals surface area contributed by atoms with Crippen molar-refractivity contribution in [1.82, 2.24) is 0 Å². The van der Waals surface area contributed by atoms with Crippen molar-refractivity contribution in [2.45, 2.75) is 31.3 Å². The summed E-state index contributed by atoms with van der Waals surface area (Å²) in [6.07, 6.45) is 5.93. The molecule has 1 aliphatic carbocycles. The molecule has 0 bridgehead atoms. The van der Waals surface area contributed by atoms with Gasteiger partial charge in [-0.25, -0.2) is 0 Å². The molecule has 0 aromatic heterocycles. The summed E-state index contributed by atoms with van der Waals surface area (Å²) in [7, 11) is -3.73. The lowest BCUT2D eigenvalue weighted by Gasteiger charge is -2.28. The highest BCUT2D eigenvalue weighted by Gasteiger charge is 2.26. The van der Waals surface area contributed by atoms with Crippen LogP contribution in [0.25, 0.3) is 0 Å². The number of rotatable bonds is 8. The average Bonchev–Trinajstić information content (AvgIpc) is 2.68. The molecule has 0 spiro atoms. The maximum Gasteiger partial charge on any atom is 0.296 e. The largest absolute Gasteiger partial charge is 0.376 e. The van der Waals surface area contributed by atoms with Crippen molar-refractivity contribution in [1.29, 1.82) is 0 Å². The molecule has 4 nitrogen and oxygen atoms in total. The second kappa shape index (κ2) is 9.31. The predicted octanol–water partition coefficient (Wildman–Crippen LogP) is 4.50. The minimum Gasteiger partial charge on any atom is -0.376 e. The zero-order valence-corrected chi connectivity index (χ0v) is 16.4. The molecule has 0 saturated carbocycles. The van der Waals surface area contributed by atoms with Crippen LogP contribution >= 0.6 is 0 Å². The van der Waals surface area contributed by atoms with Crippen LogP contribution in [0.5, 0.6) is 0 Å². The topological polar surface area (TPSA) is 52.6 Å². The number of hydrogen-bond donors (Lipinski definition) is 0. The highest BCUT2D eigenvalue weighted by atomic mass is 32.2. The third-order valence-electron chi connectivity index (χ3n) is 4.90. The first-order valence-electron chi connectivity index (χ1n) is 9.27. The highest BCUT2D eigenvalue weighted by molar-refractivity contribution is 7.86. The lowest BCUT2D eigenvalue weighted by Crippen LogP contribution is -2.27. The summed E-state index contributed by atoms with van der Waals surface area (Å²) in [5.74, 6) is 0.387. The van der Waals surface area contributed by atoms with Gasteiger partial charge in [0.2, 0.25) is 0 Å². The second-order valence-electron chi connectivity index (χ2n) is 7.02. The minimum atomic E-state index is -3.73. The van der Waals surface area contributed by atoms with E-state index >= 15 is 0 Å². The Morgan fingerprint density at radius 3 is 2.19 bits per heavy atom. The van der Waals surface area contributed by atoms with Crippen molar-refractivity contribution in [3.05, 3.63) is 77.9 Å². The monoisotopic (exact) mass is 386 g/mol. The molecule has 0 N–H and O–H groups in total. The van der Waals surface area contributed by atoms with Crippen LogP contribution in [0, 0.1) is 18.8 Å². The fraction of sp³-hybridized carbons (Fsp3) is 0.364. The zero-order chi connectivity index (χ0) is 19.1. The van der Waals surface area contributed by atoms with Crippen molar-refractivity contribution in [3.8, 4) is 0 Å². The Morgan fingerprint density at radius 2 is 1.52 bits per heavy atom. The molecule has 2 aromatic rings. The van der Waals surface area contributed by atoms with E-state index in [-0.39, 0.29) is 23.3 Å². The lowest BCUT2D eigenvalue weighted by atomic mass is 9.84. The molecule has 27 heavy (non-hydrogen) atoms. The molecule has 0 saturated heterocycles. The molecule has 0 aliphatic heterocycles. The van der Waals surface area contributed by atoms with Crippen LogP contribution in [-0.2, 0) is 25.6 Å². The maximum atomic E-state index is 12.4. The van der Waals surface area contributed by atoms with Crippen LogP contribution in [0.4, 0.5) is 0 Å². The summed E-state index contributed by atoms with van der Waals surface area (Å²) >= 11 is 0. The van der Waals surface area contributed by atoms with Crippen molar-refractivity contribution in [2.24, 2.45) is 11.8 Å². The van der Waals surface area contributed by atoms with E-state index in [1.54, 1.807) is 24.3 Å². The van der Waals surface area contributed by atoms with Gasteiger partial charge in [0.1, 0.15) is 0 Å². The predicted molar refractivity (Wildman–Crippen MR) is 106 cm³/mol. The van der Waals surface area contributed by atoms with Gasteiger partial charge in [-0.15, -0.1) is 0 Å². The molecular weight excluding hydrogens is 360 g/mol. The Labute approximate surface area is 162 Å². The van der Waals surface area contributed by atoms with E-state index in [0.717, 1.165) is 24.0 Å². The molecule has 0 amide bonds. The van der Waals surface area contributed by atoms with Gasteiger partial charge in [-0.2, -0.15) is 8.42 Å². The minimum absolute atomic E-state index is 0.131. The van der Waals surface area contributed by atoms with E-state index in [1.165, 1.54) is 0 Å². The molecule has 5 heteroatoms. The quantitative estimate of drug-likeness (QED) is 0.495. The van der Waals surface area contributed by atoms with E-state index in [4.69, 9.17) is 8.92 Å². The molecule has 3 rings (SSSR count). The molecule has 2 atom stereocenters. The van der Waals surface area contributed by atoms with E-state index in [2.05, 4.69) is 12.2 Å². The first kappa shape index (κ1) is 19.8. The van der Waals surface area contributed by atoms with Gasteiger partial charge in [0, 0.05) is 0 Å². The SMILES string of the molecule is Cc1ccc(S(=O)(=O)OC[C@H]2CC=CC[C@H]2COCc2ccccc2)cc1. The smallest absolute Gasteiger partial charge is 0.296 e. The Hall–Kier alpha value is -1.95. The molecule has 144 valence electrons. The summed E-state index contributed by atoms with van der Waals surface area (Å²) < 4.78 is 36.1.